The van der Waals surface area contributed by atoms with E-state index in [0.29, 0.717) is 5.92 Å². The number of oxazole rings is 1. The van der Waals surface area contributed by atoms with Crippen LogP contribution >= 0.6 is 0 Å². The van der Waals surface area contributed by atoms with Crippen LogP contribution in [0.1, 0.15) is 24.5 Å². The molecule has 1 saturated heterocycles. The minimum Gasteiger partial charge on any atom is -0.429 e. The smallest absolute Gasteiger partial charge is 0.292 e. The van der Waals surface area contributed by atoms with Crippen molar-refractivity contribution in [1.82, 2.24) is 4.98 Å². The van der Waals surface area contributed by atoms with Gasteiger partial charge in [0.05, 0.1) is 6.20 Å². The van der Waals surface area contributed by atoms with Gasteiger partial charge in [0.15, 0.2) is 0 Å². The van der Waals surface area contributed by atoms with Crippen molar-refractivity contribution in [3.05, 3.63) is 12.0 Å². The summed E-state index contributed by atoms with van der Waals surface area (Å²) in [5.74, 6) is 1.35. The summed E-state index contributed by atoms with van der Waals surface area (Å²) >= 11 is 0. The highest BCUT2D eigenvalue weighted by Gasteiger charge is 2.19. The summed E-state index contributed by atoms with van der Waals surface area (Å²) in [5, 5.41) is 0. The van der Waals surface area contributed by atoms with Crippen LogP contribution in [-0.2, 0) is 4.74 Å². The molecule has 0 radical (unpaired) electrons. The van der Waals surface area contributed by atoms with Crippen LogP contribution in [0.3, 0.4) is 0 Å². The zero-order valence-electron chi connectivity index (χ0n) is 6.82. The lowest BCUT2D eigenvalue weighted by Crippen LogP contribution is -2.13. The molecule has 1 aromatic heterocycles. The molecule has 0 bridgehead atoms. The average molecular weight is 168 g/mol. The molecular formula is C8H12N2O2. The zero-order chi connectivity index (χ0) is 8.39. The molecule has 2 N–H and O–H groups in total. The van der Waals surface area contributed by atoms with Gasteiger partial charge in [0.25, 0.3) is 6.01 Å². The summed E-state index contributed by atoms with van der Waals surface area (Å²) in [7, 11) is 0. The van der Waals surface area contributed by atoms with Gasteiger partial charge < -0.3 is 14.9 Å². The Balaban J connectivity index is 2.08. The van der Waals surface area contributed by atoms with Gasteiger partial charge in [-0.15, -0.1) is 0 Å². The van der Waals surface area contributed by atoms with Crippen LogP contribution in [0.2, 0.25) is 0 Å². The number of aromatic nitrogens is 1. The SMILES string of the molecule is Nc1ncc(C2CCOCC2)o1. The molecule has 4 nitrogen and oxygen atoms in total. The molecule has 12 heavy (non-hydrogen) atoms. The van der Waals surface area contributed by atoms with Crippen LogP contribution in [0, 0.1) is 0 Å². The van der Waals surface area contributed by atoms with E-state index in [1.165, 1.54) is 0 Å². The monoisotopic (exact) mass is 168 g/mol. The van der Waals surface area contributed by atoms with Crippen molar-refractivity contribution < 1.29 is 9.15 Å². The third-order valence-electron chi connectivity index (χ3n) is 2.17. The molecule has 1 aliphatic heterocycles. The summed E-state index contributed by atoms with van der Waals surface area (Å²) in [6.07, 6.45) is 3.73. The minimum atomic E-state index is 0.261. The first kappa shape index (κ1) is 7.61. The van der Waals surface area contributed by atoms with E-state index in [1.54, 1.807) is 6.20 Å². The normalized spacial score (nSPS) is 19.7. The summed E-state index contributed by atoms with van der Waals surface area (Å²) in [4.78, 5) is 3.86. The summed E-state index contributed by atoms with van der Waals surface area (Å²) in [6, 6.07) is 0.261. The van der Waals surface area contributed by atoms with Crippen molar-refractivity contribution in [2.24, 2.45) is 0 Å². The van der Waals surface area contributed by atoms with Gasteiger partial charge in [-0.3, -0.25) is 0 Å². The lowest BCUT2D eigenvalue weighted by Gasteiger charge is -2.19. The van der Waals surface area contributed by atoms with Gasteiger partial charge in [0.1, 0.15) is 5.76 Å². The zero-order valence-corrected chi connectivity index (χ0v) is 6.82. The average Bonchev–Trinajstić information content (AvgIpc) is 2.54. The van der Waals surface area contributed by atoms with Crippen LogP contribution in [0.15, 0.2) is 10.6 Å². The lowest BCUT2D eigenvalue weighted by molar-refractivity contribution is 0.0808. The highest BCUT2D eigenvalue weighted by molar-refractivity contribution is 5.13. The van der Waals surface area contributed by atoms with Crippen LogP contribution < -0.4 is 5.73 Å². The Morgan fingerprint density at radius 2 is 2.17 bits per heavy atom. The lowest BCUT2D eigenvalue weighted by atomic mass is 9.98. The van der Waals surface area contributed by atoms with Crippen molar-refractivity contribution in [3.63, 3.8) is 0 Å². The number of ether oxygens (including phenoxy) is 1. The molecule has 0 spiro atoms. The van der Waals surface area contributed by atoms with Gasteiger partial charge in [0, 0.05) is 19.1 Å². The fourth-order valence-corrected chi connectivity index (χ4v) is 1.47. The molecule has 0 saturated carbocycles. The van der Waals surface area contributed by atoms with E-state index in [-0.39, 0.29) is 6.01 Å². The quantitative estimate of drug-likeness (QED) is 0.683. The third-order valence-corrected chi connectivity index (χ3v) is 2.17. The van der Waals surface area contributed by atoms with Crippen molar-refractivity contribution in [3.8, 4) is 0 Å². The summed E-state index contributed by atoms with van der Waals surface area (Å²) in [5.41, 5.74) is 5.38. The van der Waals surface area contributed by atoms with E-state index in [4.69, 9.17) is 14.9 Å². The Morgan fingerprint density at radius 1 is 1.42 bits per heavy atom. The molecular weight excluding hydrogens is 156 g/mol. The third kappa shape index (κ3) is 1.43. The van der Waals surface area contributed by atoms with Crippen molar-refractivity contribution >= 4 is 6.01 Å². The number of nitrogens with two attached hydrogens (primary N) is 1. The molecule has 0 aromatic carbocycles. The molecule has 1 aliphatic rings. The number of nitrogens with zero attached hydrogens (tertiary/aromatic N) is 1. The van der Waals surface area contributed by atoms with Gasteiger partial charge in [-0.2, -0.15) is 0 Å². The van der Waals surface area contributed by atoms with E-state index in [1.807, 2.05) is 0 Å². The molecule has 4 heteroatoms. The molecule has 0 atom stereocenters. The maximum atomic E-state index is 5.38. The first-order valence-corrected chi connectivity index (χ1v) is 4.15. The van der Waals surface area contributed by atoms with Gasteiger partial charge >= 0.3 is 0 Å². The minimum absolute atomic E-state index is 0.261. The molecule has 1 aromatic rings. The van der Waals surface area contributed by atoms with E-state index in [9.17, 15) is 0 Å². The number of rotatable bonds is 1. The maximum absolute atomic E-state index is 5.38. The number of anilines is 1. The summed E-state index contributed by atoms with van der Waals surface area (Å²) in [6.45, 7) is 1.62. The topological polar surface area (TPSA) is 61.3 Å². The van der Waals surface area contributed by atoms with Crippen molar-refractivity contribution in [2.45, 2.75) is 18.8 Å². The first-order chi connectivity index (χ1) is 5.86. The summed E-state index contributed by atoms with van der Waals surface area (Å²) < 4.78 is 10.5. The van der Waals surface area contributed by atoms with Gasteiger partial charge in [-0.05, 0) is 12.8 Å². The highest BCUT2D eigenvalue weighted by atomic mass is 16.5. The fourth-order valence-electron chi connectivity index (χ4n) is 1.47. The first-order valence-electron chi connectivity index (χ1n) is 4.15. The van der Waals surface area contributed by atoms with Crippen molar-refractivity contribution in [2.75, 3.05) is 18.9 Å². The second kappa shape index (κ2) is 3.15. The predicted molar refractivity (Wildman–Crippen MR) is 43.7 cm³/mol. The molecule has 2 rings (SSSR count). The van der Waals surface area contributed by atoms with Crippen LogP contribution in [0.4, 0.5) is 6.01 Å². The van der Waals surface area contributed by atoms with E-state index in [2.05, 4.69) is 4.98 Å². The van der Waals surface area contributed by atoms with E-state index < -0.39 is 0 Å². The maximum Gasteiger partial charge on any atom is 0.292 e. The van der Waals surface area contributed by atoms with E-state index in [0.717, 1.165) is 31.8 Å². The fraction of sp³-hybridized carbons (Fsp3) is 0.625. The van der Waals surface area contributed by atoms with Gasteiger partial charge in [0.2, 0.25) is 0 Å². The van der Waals surface area contributed by atoms with E-state index >= 15 is 0 Å². The van der Waals surface area contributed by atoms with Crippen LogP contribution in [-0.4, -0.2) is 18.2 Å². The number of nitrogen functional groups attached to an aromatic ring is 1. The largest absolute Gasteiger partial charge is 0.429 e. The standard InChI is InChI=1S/C8H12N2O2/c9-8-10-5-7(12-8)6-1-3-11-4-2-6/h5-6H,1-4H2,(H2,9,10). The predicted octanol–water partition coefficient (Wildman–Crippen LogP) is 1.15. The Hall–Kier alpha value is -1.03. The Bertz CT molecular complexity index is 253. The van der Waals surface area contributed by atoms with Gasteiger partial charge in [-0.1, -0.05) is 0 Å². The molecule has 0 aliphatic carbocycles. The Kier molecular flexibility index (Phi) is 1.99. The molecule has 2 heterocycles. The molecule has 1 fully saturated rings. The number of hydrogen-bond donors (Lipinski definition) is 1. The Morgan fingerprint density at radius 3 is 2.75 bits per heavy atom. The van der Waals surface area contributed by atoms with Crippen LogP contribution in [0.5, 0.6) is 0 Å². The Labute approximate surface area is 70.7 Å². The second-order valence-electron chi connectivity index (χ2n) is 2.99. The number of hydrogen-bond acceptors (Lipinski definition) is 4. The van der Waals surface area contributed by atoms with Gasteiger partial charge in [-0.25, -0.2) is 4.98 Å². The second-order valence-corrected chi connectivity index (χ2v) is 2.99. The molecule has 0 amide bonds. The van der Waals surface area contributed by atoms with Crippen LogP contribution in [0.25, 0.3) is 0 Å². The molecule has 0 unspecified atom stereocenters. The molecule has 66 valence electrons. The van der Waals surface area contributed by atoms with Crippen molar-refractivity contribution in [1.29, 1.82) is 0 Å². The highest BCUT2D eigenvalue weighted by Crippen LogP contribution is 2.27.